The lowest BCUT2D eigenvalue weighted by Gasteiger charge is -2.38. The van der Waals surface area contributed by atoms with Crippen molar-refractivity contribution < 1.29 is 73.6 Å². The minimum Gasteiger partial charge on any atom is -0.507 e. The topological polar surface area (TPSA) is 260 Å². The maximum atomic E-state index is 14.4. The zero-order chi connectivity index (χ0) is 45.1. The number of hydrogen-bond donors (Lipinski definition) is 7. The van der Waals surface area contributed by atoms with Crippen LogP contribution in [0.2, 0.25) is 0 Å². The molecule has 5 bridgehead atoms. The van der Waals surface area contributed by atoms with E-state index in [1.807, 2.05) is 0 Å². The van der Waals surface area contributed by atoms with Crippen molar-refractivity contribution in [2.24, 2.45) is 34.7 Å². The molecular formula is C43H56N2O15. The summed E-state index contributed by atoms with van der Waals surface area (Å²) in [4.78, 5) is 57.4. The van der Waals surface area contributed by atoms with Gasteiger partial charge in [0.2, 0.25) is 6.10 Å². The van der Waals surface area contributed by atoms with E-state index in [9.17, 15) is 49.8 Å². The van der Waals surface area contributed by atoms with Gasteiger partial charge in [-0.05, 0) is 19.9 Å². The van der Waals surface area contributed by atoms with Gasteiger partial charge in [-0.15, -0.1) is 0 Å². The number of aromatic hydroxyl groups is 3. The number of aliphatic hydroxyl groups excluding tert-OH is 2. The Kier molecular flexibility index (Phi) is 14.7. The summed E-state index contributed by atoms with van der Waals surface area (Å²) in [6, 6.07) is 0. The summed E-state index contributed by atoms with van der Waals surface area (Å²) >= 11 is 0. The number of phenolic OH excluding ortho intramolecular Hbond substituents is 3. The Morgan fingerprint density at radius 1 is 0.950 bits per heavy atom. The maximum absolute atomic E-state index is 14.4. The molecule has 0 saturated carbocycles. The number of ketones is 1. The van der Waals surface area contributed by atoms with Crippen LogP contribution in [0.25, 0.3) is 10.8 Å². The number of fused-ring (bicyclic) bond motifs is 14. The van der Waals surface area contributed by atoms with E-state index in [4.69, 9.17) is 23.8 Å². The highest BCUT2D eigenvalue weighted by Gasteiger charge is 2.50. The molecule has 5 rings (SSSR count). The lowest BCUT2D eigenvalue weighted by molar-refractivity contribution is -0.160. The number of hydrogen-bond acceptors (Lipinski definition) is 15. The van der Waals surface area contributed by atoms with Crippen molar-refractivity contribution in [3.05, 3.63) is 52.8 Å². The fraction of sp³-hybridized carbons (Fsp3) is 0.512. The summed E-state index contributed by atoms with van der Waals surface area (Å²) < 4.78 is 23.4. The molecule has 60 heavy (non-hydrogen) atoms. The van der Waals surface area contributed by atoms with Gasteiger partial charge in [0.25, 0.3) is 11.7 Å². The van der Waals surface area contributed by atoms with Gasteiger partial charge in [-0.3, -0.25) is 14.4 Å². The number of nitrogens with one attached hydrogen (secondary N) is 1. The molecule has 3 aliphatic rings. The number of rotatable bonds is 7. The van der Waals surface area contributed by atoms with Crippen molar-refractivity contribution in [1.29, 1.82) is 0 Å². The van der Waals surface area contributed by atoms with Gasteiger partial charge in [-0.1, -0.05) is 64.9 Å². The van der Waals surface area contributed by atoms with Crippen molar-refractivity contribution in [2.75, 3.05) is 12.4 Å². The number of carbonyl (C=O) groups is 4. The van der Waals surface area contributed by atoms with Crippen LogP contribution in [0.4, 0.5) is 5.69 Å². The molecular weight excluding hydrogens is 784 g/mol. The van der Waals surface area contributed by atoms with Gasteiger partial charge >= 0.3 is 17.7 Å². The molecule has 0 aromatic heterocycles. The molecule has 10 atom stereocenters. The molecule has 0 radical (unpaired) electrons. The van der Waals surface area contributed by atoms with E-state index in [2.05, 4.69) is 10.5 Å². The van der Waals surface area contributed by atoms with Crippen LogP contribution in [0.15, 0.2) is 41.3 Å². The second kappa shape index (κ2) is 18.7. The lowest BCUT2D eigenvalue weighted by Crippen LogP contribution is -2.46. The third-order valence-electron chi connectivity index (χ3n) is 11.2. The smallest absolute Gasteiger partial charge is 0.348 e. The Morgan fingerprint density at radius 2 is 1.60 bits per heavy atom. The number of aliphatic hydroxyl groups is 2. The molecule has 0 aliphatic carbocycles. The number of anilines is 1. The summed E-state index contributed by atoms with van der Waals surface area (Å²) in [7, 11) is 1.40. The summed E-state index contributed by atoms with van der Waals surface area (Å²) in [6.45, 7) is 15.3. The number of phenols is 3. The molecule has 0 spiro atoms. The first-order valence-corrected chi connectivity index (χ1v) is 19.5. The first-order valence-electron chi connectivity index (χ1n) is 19.5. The van der Waals surface area contributed by atoms with Crippen LogP contribution in [-0.2, 0) is 33.4 Å². The Labute approximate surface area is 347 Å². The number of ether oxygens (including phenoxy) is 4. The second-order valence-corrected chi connectivity index (χ2v) is 16.0. The largest absolute Gasteiger partial charge is 0.507 e. The number of allylic oxidation sites excluding steroid dienone is 2. The Morgan fingerprint density at radius 3 is 2.18 bits per heavy atom. The highest BCUT2D eigenvalue weighted by Crippen LogP contribution is 2.55. The number of methoxy groups -OCH3 is 1. The van der Waals surface area contributed by atoms with Crippen LogP contribution in [0.1, 0.15) is 83.8 Å². The van der Waals surface area contributed by atoms with E-state index >= 15 is 0 Å². The van der Waals surface area contributed by atoms with Crippen LogP contribution in [0, 0.1) is 36.5 Å². The zero-order valence-electron chi connectivity index (χ0n) is 35.5. The van der Waals surface area contributed by atoms with Crippen molar-refractivity contribution in [3.63, 3.8) is 0 Å². The Hall–Kier alpha value is -5.65. The number of oxime groups is 1. The first-order chi connectivity index (χ1) is 28.0. The summed E-state index contributed by atoms with van der Waals surface area (Å²) in [5.74, 6) is -11.3. The van der Waals surface area contributed by atoms with E-state index in [-0.39, 0.29) is 22.4 Å². The van der Waals surface area contributed by atoms with Crippen LogP contribution in [-0.4, -0.2) is 104 Å². The highest BCUT2D eigenvalue weighted by atomic mass is 16.7. The molecule has 2 aromatic rings. The molecule has 2 aromatic carbocycles. The van der Waals surface area contributed by atoms with Crippen molar-refractivity contribution in [2.45, 2.75) is 106 Å². The minimum absolute atomic E-state index is 0.0301. The number of carboxylic acids is 1. The van der Waals surface area contributed by atoms with Crippen LogP contribution < -0.4 is 10.1 Å². The number of Topliss-reactive ketones (excluding diaryl/α,β-unsaturated/α-hetero) is 1. The zero-order valence-corrected chi connectivity index (χ0v) is 35.5. The van der Waals surface area contributed by atoms with Gasteiger partial charge in [0.1, 0.15) is 23.4 Å². The molecule has 7 N–H and O–H groups in total. The molecule has 1 unspecified atom stereocenters. The Balaban J connectivity index is 1.99. The molecule has 17 nitrogen and oxygen atoms in total. The second-order valence-electron chi connectivity index (χ2n) is 16.0. The number of amides is 1. The fourth-order valence-electron chi connectivity index (χ4n) is 7.47. The average Bonchev–Trinajstić information content (AvgIpc) is 3.45. The Bertz CT molecular complexity index is 2120. The van der Waals surface area contributed by atoms with Crippen molar-refractivity contribution >= 4 is 46.3 Å². The van der Waals surface area contributed by atoms with E-state index in [1.165, 1.54) is 53.0 Å². The molecule has 3 aliphatic heterocycles. The SMILES string of the molecule is CO[C@H]1/C=C/O[C@@]2(C)Oc3c(C)c(O)c4c(O)c(c(/C=N\OC(C(=O)O)C(C)C)c(O)c4c3C2=O)NC(=O)/C(C)=C\C=C\[C@@H](C)[C@H](O)[C@@H](C)[C@H](O)[C@@H](C)[C@H](OC(C)=O)[C@@H]1C. The first kappa shape index (κ1) is 47.0. The predicted molar refractivity (Wildman–Crippen MR) is 219 cm³/mol. The third-order valence-corrected chi connectivity index (χ3v) is 11.2. The van der Waals surface area contributed by atoms with E-state index in [1.54, 1.807) is 47.6 Å². The molecule has 0 saturated heterocycles. The monoisotopic (exact) mass is 840 g/mol. The summed E-state index contributed by atoms with van der Waals surface area (Å²) in [5.41, 5.74) is -1.17. The van der Waals surface area contributed by atoms with Crippen molar-refractivity contribution in [3.8, 4) is 23.0 Å². The standard InChI is InChI=1S/C43H56N2O15/c1-18(2)37(42(54)55)60-44-17-26-31-36(51)29-28(35(26)50)30-39(24(8)34(29)49)59-43(10,40(30)52)57-16-15-27(56-11)21(5)38(58-25(9)46)23(7)33(48)22(6)32(47)19(3)13-12-14-20(4)41(53)45-31/h12-19,21-23,27,32-33,37-38,47-51H,1-11H3,(H,45,53)(H,54,55)/b13-12+,16-15+,20-14-,44-17-/t19-,21-,22-,23-,27+,32+,33+,37?,38-,43+/m1/s1. The molecule has 0 fully saturated rings. The number of esters is 1. The molecule has 1 amide bonds. The number of carboxylic acid groups (broad SMARTS) is 1. The molecule has 3 heterocycles. The molecule has 17 heteroatoms. The van der Waals surface area contributed by atoms with Gasteiger partial charge in [-0.25, -0.2) is 4.79 Å². The average molecular weight is 841 g/mol. The fourth-order valence-corrected chi connectivity index (χ4v) is 7.47. The van der Waals surface area contributed by atoms with Gasteiger partial charge in [-0.2, -0.15) is 0 Å². The third kappa shape index (κ3) is 9.22. The maximum Gasteiger partial charge on any atom is 0.348 e. The number of benzene rings is 2. The van der Waals surface area contributed by atoms with Gasteiger partial charge in [0, 0.05) is 67.1 Å². The van der Waals surface area contributed by atoms with Gasteiger partial charge in [0.15, 0.2) is 5.75 Å². The predicted octanol–water partition coefficient (Wildman–Crippen LogP) is 5.21. The van der Waals surface area contributed by atoms with E-state index in [0.717, 1.165) is 12.5 Å². The number of aliphatic carboxylic acids is 1. The summed E-state index contributed by atoms with van der Waals surface area (Å²) in [6.07, 6.45) is 2.49. The quantitative estimate of drug-likeness (QED) is 0.0620. The lowest BCUT2D eigenvalue weighted by atomic mass is 9.78. The summed E-state index contributed by atoms with van der Waals surface area (Å²) in [5, 5.41) is 73.1. The van der Waals surface area contributed by atoms with E-state index < -0.39 is 129 Å². The minimum atomic E-state index is -2.13. The van der Waals surface area contributed by atoms with Crippen LogP contribution in [0.3, 0.4) is 0 Å². The number of carbonyl (C=O) groups excluding carboxylic acids is 3. The van der Waals surface area contributed by atoms with Gasteiger partial charge < -0.3 is 59.7 Å². The van der Waals surface area contributed by atoms with E-state index in [0.29, 0.717) is 0 Å². The number of nitrogens with zero attached hydrogens (tertiary/aromatic N) is 1. The van der Waals surface area contributed by atoms with Gasteiger partial charge in [0.05, 0.1) is 53.0 Å². The molecule has 328 valence electrons. The van der Waals surface area contributed by atoms with Crippen molar-refractivity contribution in [1.82, 2.24) is 0 Å². The van der Waals surface area contributed by atoms with Crippen LogP contribution in [0.5, 0.6) is 23.0 Å². The highest BCUT2D eigenvalue weighted by molar-refractivity contribution is 6.23. The van der Waals surface area contributed by atoms with Crippen LogP contribution >= 0.6 is 0 Å². The normalized spacial score (nSPS) is 30.3.